The Morgan fingerprint density at radius 3 is 1.74 bits per heavy atom. The van der Waals surface area contributed by atoms with Crippen molar-refractivity contribution in [3.8, 4) is 11.5 Å². The molecule has 42 heavy (non-hydrogen) atoms. The molecule has 0 radical (unpaired) electrons. The zero-order chi connectivity index (χ0) is 30.9. The molecule has 2 saturated heterocycles. The maximum Gasteiger partial charge on any atom is 0.410 e. The molecule has 230 valence electrons. The van der Waals surface area contributed by atoms with E-state index < -0.39 is 11.2 Å². The van der Waals surface area contributed by atoms with Gasteiger partial charge in [0.15, 0.2) is 0 Å². The number of allylic oxidation sites excluding steroid dienone is 1. The summed E-state index contributed by atoms with van der Waals surface area (Å²) in [5.41, 5.74) is 0.123. The van der Waals surface area contributed by atoms with Gasteiger partial charge in [-0.05, 0) is 94.4 Å². The Kier molecular flexibility index (Phi) is 11.6. The molecule has 0 spiro atoms. The number of aromatic nitrogens is 2. The van der Waals surface area contributed by atoms with Gasteiger partial charge in [-0.1, -0.05) is 6.08 Å². The lowest BCUT2D eigenvalue weighted by molar-refractivity contribution is -0.0149. The van der Waals surface area contributed by atoms with E-state index in [0.717, 1.165) is 48.1 Å². The van der Waals surface area contributed by atoms with Crippen molar-refractivity contribution in [1.82, 2.24) is 19.8 Å². The number of nitrogens with zero attached hydrogens (tertiary/aromatic N) is 4. The second kappa shape index (κ2) is 14.7. The Bertz CT molecular complexity index is 1210. The van der Waals surface area contributed by atoms with E-state index in [1.807, 2.05) is 59.8 Å². The summed E-state index contributed by atoms with van der Waals surface area (Å²) in [6, 6.07) is 3.94. The number of carbonyl (C=O) groups is 2. The van der Waals surface area contributed by atoms with Gasteiger partial charge in [0, 0.05) is 30.0 Å². The summed E-state index contributed by atoms with van der Waals surface area (Å²) in [4.78, 5) is 35.6. The van der Waals surface area contributed by atoms with Crippen molar-refractivity contribution < 1.29 is 28.5 Å². The third-order valence-electron chi connectivity index (χ3n) is 6.26. The first kappa shape index (κ1) is 33.2. The zero-order valence-electron chi connectivity index (χ0n) is 25.5. The minimum Gasteiger partial charge on any atom is -0.490 e. The van der Waals surface area contributed by atoms with Crippen LogP contribution in [0.4, 0.5) is 9.59 Å². The molecule has 0 aliphatic carbocycles. The maximum absolute atomic E-state index is 12.0. The topological polar surface area (TPSA) is 103 Å². The Balaban J connectivity index is 0.000000231. The molecule has 2 aromatic rings. The number of amides is 2. The minimum atomic E-state index is -0.471. The summed E-state index contributed by atoms with van der Waals surface area (Å²) >= 11 is 3.34. The van der Waals surface area contributed by atoms with E-state index in [-0.39, 0.29) is 24.3 Å². The minimum absolute atomic E-state index is 0.0675. The lowest BCUT2D eigenvalue weighted by Crippen LogP contribution is -2.55. The number of pyridine rings is 2. The molecular weight excluding hydrogens is 604 g/mol. The molecule has 2 aromatic heterocycles. The van der Waals surface area contributed by atoms with Gasteiger partial charge in [-0.2, -0.15) is 0 Å². The highest BCUT2D eigenvalue weighted by molar-refractivity contribution is 9.10. The highest BCUT2D eigenvalue weighted by Crippen LogP contribution is 2.24. The van der Waals surface area contributed by atoms with Crippen molar-refractivity contribution in [1.29, 1.82) is 0 Å². The monoisotopic (exact) mass is 646 g/mol. The van der Waals surface area contributed by atoms with Crippen LogP contribution < -0.4 is 9.47 Å². The van der Waals surface area contributed by atoms with E-state index in [2.05, 4.69) is 32.5 Å². The average molecular weight is 648 g/mol. The zero-order valence-corrected chi connectivity index (χ0v) is 27.1. The van der Waals surface area contributed by atoms with Crippen LogP contribution in [0.2, 0.25) is 0 Å². The van der Waals surface area contributed by atoms with Crippen molar-refractivity contribution in [3.05, 3.63) is 59.6 Å². The summed E-state index contributed by atoms with van der Waals surface area (Å²) in [7, 11) is 0. The van der Waals surface area contributed by atoms with Crippen LogP contribution in [0.25, 0.3) is 0 Å². The second-order valence-electron chi connectivity index (χ2n) is 12.2. The lowest BCUT2D eigenvalue weighted by atomic mass is 10.1. The third kappa shape index (κ3) is 10.8. The summed E-state index contributed by atoms with van der Waals surface area (Å²) in [5.74, 6) is 1.41. The van der Waals surface area contributed by atoms with Crippen molar-refractivity contribution in [2.75, 3.05) is 26.3 Å². The lowest BCUT2D eigenvalue weighted by Gasteiger charge is -2.40. The van der Waals surface area contributed by atoms with Gasteiger partial charge in [0.2, 0.25) is 0 Å². The Hall–Kier alpha value is -3.34. The summed E-state index contributed by atoms with van der Waals surface area (Å²) in [6.45, 7) is 17.3. The number of halogens is 1. The number of hydrogen-bond donors (Lipinski definition) is 0. The molecule has 10 nitrogen and oxygen atoms in total. The largest absolute Gasteiger partial charge is 0.490 e. The Morgan fingerprint density at radius 1 is 0.857 bits per heavy atom. The van der Waals surface area contributed by atoms with Crippen molar-refractivity contribution in [2.24, 2.45) is 0 Å². The molecule has 0 aromatic carbocycles. The fourth-order valence-electron chi connectivity index (χ4n) is 4.03. The van der Waals surface area contributed by atoms with Crippen molar-refractivity contribution >= 4 is 28.1 Å². The predicted molar refractivity (Wildman–Crippen MR) is 164 cm³/mol. The molecule has 4 heterocycles. The van der Waals surface area contributed by atoms with E-state index >= 15 is 0 Å². The standard InChI is InChI=1S/C17H24N2O3.C14H19BrN2O3/c1-5-6-13-9-15(11-18-10-13)21-12-14-7-8-19(14)16(20)22-17(2,3)4;1-14(2,3)20-13(18)17-5-4-11(17)9-19-12-6-10(15)7-16-8-12/h5,9-11,14H,1,6-8,12H2,2-4H3;6-8,11H,4-5,9H2,1-3H3/t14-;11-/m00/s1. The molecule has 4 rings (SSSR count). The quantitative estimate of drug-likeness (QED) is 0.302. The summed E-state index contributed by atoms with van der Waals surface area (Å²) in [6.07, 6.45) is 10.7. The SMILES string of the molecule is C=CCc1cncc(OC[C@@H]2CCN2C(=O)OC(C)(C)C)c1.CC(C)(C)OC(=O)N1CC[C@H]1COc1cncc(Br)c1. The average Bonchev–Trinajstić information content (AvgIpc) is 2.81. The van der Waals surface area contributed by atoms with Crippen LogP contribution in [0.1, 0.15) is 59.9 Å². The molecule has 11 heteroatoms. The van der Waals surface area contributed by atoms with Gasteiger partial charge in [-0.25, -0.2) is 9.59 Å². The van der Waals surface area contributed by atoms with Gasteiger partial charge in [0.1, 0.15) is 35.9 Å². The first-order valence-corrected chi connectivity index (χ1v) is 14.9. The molecule has 2 fully saturated rings. The van der Waals surface area contributed by atoms with Gasteiger partial charge in [-0.3, -0.25) is 9.97 Å². The van der Waals surface area contributed by atoms with Gasteiger partial charge < -0.3 is 28.7 Å². The van der Waals surface area contributed by atoms with Crippen LogP contribution in [-0.2, 0) is 15.9 Å². The van der Waals surface area contributed by atoms with E-state index in [1.165, 1.54) is 0 Å². The third-order valence-corrected chi connectivity index (χ3v) is 6.69. The highest BCUT2D eigenvalue weighted by Gasteiger charge is 2.36. The molecular formula is C31H43BrN4O6. The Morgan fingerprint density at radius 2 is 1.33 bits per heavy atom. The van der Waals surface area contributed by atoms with E-state index in [1.54, 1.807) is 34.6 Å². The number of hydrogen-bond acceptors (Lipinski definition) is 8. The van der Waals surface area contributed by atoms with E-state index in [0.29, 0.717) is 19.0 Å². The molecule has 2 aliphatic heterocycles. The van der Waals surface area contributed by atoms with Crippen LogP contribution in [0.15, 0.2) is 54.0 Å². The van der Waals surface area contributed by atoms with Crippen LogP contribution >= 0.6 is 15.9 Å². The molecule has 0 bridgehead atoms. The smallest absolute Gasteiger partial charge is 0.410 e. The highest BCUT2D eigenvalue weighted by atomic mass is 79.9. The number of ether oxygens (including phenoxy) is 4. The number of rotatable bonds is 8. The maximum atomic E-state index is 12.0. The molecule has 0 saturated carbocycles. The van der Waals surface area contributed by atoms with E-state index in [9.17, 15) is 9.59 Å². The fourth-order valence-corrected chi connectivity index (χ4v) is 4.37. The molecule has 2 amide bonds. The fraction of sp³-hybridized carbons (Fsp3) is 0.548. The van der Waals surface area contributed by atoms with Crippen molar-refractivity contribution in [2.45, 2.75) is 84.1 Å². The summed E-state index contributed by atoms with van der Waals surface area (Å²) < 4.78 is 23.0. The van der Waals surface area contributed by atoms with Crippen LogP contribution in [0.3, 0.4) is 0 Å². The second-order valence-corrected chi connectivity index (χ2v) is 13.1. The molecule has 0 N–H and O–H groups in total. The van der Waals surface area contributed by atoms with Crippen LogP contribution in [-0.4, -0.2) is 81.5 Å². The number of likely N-dealkylation sites (tertiary alicyclic amines) is 2. The van der Waals surface area contributed by atoms with Gasteiger partial charge in [0.05, 0.1) is 24.5 Å². The molecule has 0 unspecified atom stereocenters. The Labute approximate surface area is 257 Å². The molecule has 2 atom stereocenters. The van der Waals surface area contributed by atoms with E-state index in [4.69, 9.17) is 18.9 Å². The normalized spacial score (nSPS) is 18.0. The van der Waals surface area contributed by atoms with Gasteiger partial charge in [0.25, 0.3) is 0 Å². The van der Waals surface area contributed by atoms with Crippen LogP contribution in [0.5, 0.6) is 11.5 Å². The first-order chi connectivity index (χ1) is 19.7. The first-order valence-electron chi connectivity index (χ1n) is 14.1. The van der Waals surface area contributed by atoms with Gasteiger partial charge in [-0.15, -0.1) is 6.58 Å². The number of carbonyl (C=O) groups excluding carboxylic acids is 2. The van der Waals surface area contributed by atoms with Crippen molar-refractivity contribution in [3.63, 3.8) is 0 Å². The van der Waals surface area contributed by atoms with Gasteiger partial charge >= 0.3 is 12.2 Å². The molecule has 2 aliphatic rings. The predicted octanol–water partition coefficient (Wildman–Crippen LogP) is 6.43. The summed E-state index contributed by atoms with van der Waals surface area (Å²) in [5, 5.41) is 0. The van der Waals surface area contributed by atoms with Crippen LogP contribution in [0, 0.1) is 0 Å².